The first-order chi connectivity index (χ1) is 10.7. The van der Waals surface area contributed by atoms with Crippen LogP contribution in [0.2, 0.25) is 0 Å². The van der Waals surface area contributed by atoms with Gasteiger partial charge >= 0.3 is 0 Å². The third kappa shape index (κ3) is 3.76. The summed E-state index contributed by atoms with van der Waals surface area (Å²) in [6.45, 7) is 1.74. The van der Waals surface area contributed by atoms with Crippen molar-refractivity contribution in [2.24, 2.45) is 0 Å². The molecule has 2 rings (SSSR count). The van der Waals surface area contributed by atoms with Gasteiger partial charge in [-0.3, -0.25) is 4.79 Å². The smallest absolute Gasteiger partial charge is 0.254 e. The van der Waals surface area contributed by atoms with Crippen LogP contribution in [0.1, 0.15) is 28.9 Å². The topological polar surface area (TPSA) is 54.5 Å². The first-order valence-electron chi connectivity index (χ1n) is 7.03. The molecular formula is C17H18FNO3S. The Morgan fingerprint density at radius 2 is 1.65 bits per heavy atom. The van der Waals surface area contributed by atoms with E-state index in [1.54, 1.807) is 32.2 Å². The molecule has 0 aliphatic heterocycles. The summed E-state index contributed by atoms with van der Waals surface area (Å²) < 4.78 is 36.7. The molecule has 1 amide bonds. The Bertz CT molecular complexity index is 816. The van der Waals surface area contributed by atoms with E-state index in [0.717, 1.165) is 6.26 Å². The van der Waals surface area contributed by atoms with Gasteiger partial charge in [-0.15, -0.1) is 0 Å². The van der Waals surface area contributed by atoms with Crippen molar-refractivity contribution in [3.05, 3.63) is 65.5 Å². The molecule has 0 bridgehead atoms. The van der Waals surface area contributed by atoms with E-state index in [0.29, 0.717) is 11.1 Å². The number of hydrogen-bond acceptors (Lipinski definition) is 3. The summed E-state index contributed by atoms with van der Waals surface area (Å²) in [5, 5.41) is 0. The minimum Gasteiger partial charge on any atom is -0.335 e. The molecule has 0 aliphatic rings. The monoisotopic (exact) mass is 335 g/mol. The predicted molar refractivity (Wildman–Crippen MR) is 86.5 cm³/mol. The lowest BCUT2D eigenvalue weighted by Crippen LogP contribution is -2.30. The summed E-state index contributed by atoms with van der Waals surface area (Å²) in [5.41, 5.74) is 0.777. The third-order valence-electron chi connectivity index (χ3n) is 3.79. The van der Waals surface area contributed by atoms with E-state index in [1.807, 2.05) is 0 Å². The Labute approximate surface area is 135 Å². The molecule has 6 heteroatoms. The van der Waals surface area contributed by atoms with Gasteiger partial charge in [0, 0.05) is 24.4 Å². The summed E-state index contributed by atoms with van der Waals surface area (Å²) in [7, 11) is -1.72. The lowest BCUT2D eigenvalue weighted by molar-refractivity contribution is 0.0740. The van der Waals surface area contributed by atoms with Crippen molar-refractivity contribution in [1.82, 2.24) is 4.90 Å². The molecule has 0 aliphatic carbocycles. The van der Waals surface area contributed by atoms with E-state index in [1.165, 1.54) is 35.2 Å². The van der Waals surface area contributed by atoms with Gasteiger partial charge in [-0.05, 0) is 37.3 Å². The molecule has 2 aromatic carbocycles. The van der Waals surface area contributed by atoms with Crippen LogP contribution in [-0.2, 0) is 9.84 Å². The normalized spacial score (nSPS) is 12.7. The van der Waals surface area contributed by atoms with Gasteiger partial charge in [0.1, 0.15) is 5.82 Å². The number of halogens is 1. The van der Waals surface area contributed by atoms with Gasteiger partial charge in [0.15, 0.2) is 9.84 Å². The van der Waals surface area contributed by atoms with E-state index in [4.69, 9.17) is 0 Å². The number of sulfone groups is 1. The molecule has 4 nitrogen and oxygen atoms in total. The molecule has 2 aromatic rings. The number of hydrogen-bond donors (Lipinski definition) is 0. The highest BCUT2D eigenvalue weighted by Crippen LogP contribution is 2.23. The number of benzene rings is 2. The molecule has 0 N–H and O–H groups in total. The van der Waals surface area contributed by atoms with E-state index in [-0.39, 0.29) is 16.6 Å². The van der Waals surface area contributed by atoms with Gasteiger partial charge in [0.05, 0.1) is 10.9 Å². The van der Waals surface area contributed by atoms with Crippen LogP contribution in [0, 0.1) is 5.82 Å². The Kier molecular flexibility index (Phi) is 4.85. The van der Waals surface area contributed by atoms with Crippen molar-refractivity contribution >= 4 is 15.7 Å². The Hall–Kier alpha value is -2.21. The first-order valence-corrected chi connectivity index (χ1v) is 8.92. The minimum atomic E-state index is -3.30. The quantitative estimate of drug-likeness (QED) is 0.863. The summed E-state index contributed by atoms with van der Waals surface area (Å²) >= 11 is 0. The van der Waals surface area contributed by atoms with Crippen LogP contribution in [0.4, 0.5) is 4.39 Å². The highest BCUT2D eigenvalue weighted by molar-refractivity contribution is 7.90. The van der Waals surface area contributed by atoms with Crippen LogP contribution in [0.15, 0.2) is 53.4 Å². The van der Waals surface area contributed by atoms with E-state index in [2.05, 4.69) is 0 Å². The van der Waals surface area contributed by atoms with Crippen molar-refractivity contribution in [3.63, 3.8) is 0 Å². The average molecular weight is 335 g/mol. The minimum absolute atomic E-state index is 0.152. The maximum atomic E-state index is 13.8. The van der Waals surface area contributed by atoms with Crippen molar-refractivity contribution in [3.8, 4) is 0 Å². The van der Waals surface area contributed by atoms with Crippen molar-refractivity contribution in [2.45, 2.75) is 17.9 Å². The van der Waals surface area contributed by atoms with Crippen LogP contribution in [0.3, 0.4) is 0 Å². The zero-order valence-electron chi connectivity index (χ0n) is 13.2. The number of nitrogens with zero attached hydrogens (tertiary/aromatic N) is 1. The maximum Gasteiger partial charge on any atom is 0.254 e. The second kappa shape index (κ2) is 6.50. The van der Waals surface area contributed by atoms with E-state index < -0.39 is 15.9 Å². The maximum absolute atomic E-state index is 13.8. The van der Waals surface area contributed by atoms with Crippen LogP contribution >= 0.6 is 0 Å². The van der Waals surface area contributed by atoms with Crippen molar-refractivity contribution < 1.29 is 17.6 Å². The Morgan fingerprint density at radius 3 is 2.17 bits per heavy atom. The van der Waals surface area contributed by atoms with Crippen LogP contribution in [0.25, 0.3) is 0 Å². The fourth-order valence-corrected chi connectivity index (χ4v) is 2.88. The Morgan fingerprint density at radius 1 is 1.09 bits per heavy atom. The molecule has 0 fully saturated rings. The SMILES string of the molecule is CC(c1ccccc1F)N(C)C(=O)c1ccc(S(C)(=O)=O)cc1. The van der Waals surface area contributed by atoms with Crippen molar-refractivity contribution in [2.75, 3.05) is 13.3 Å². The van der Waals surface area contributed by atoms with Crippen LogP contribution < -0.4 is 0 Å². The van der Waals surface area contributed by atoms with Crippen molar-refractivity contribution in [1.29, 1.82) is 0 Å². The first kappa shape index (κ1) is 17.1. The van der Waals surface area contributed by atoms with Crippen LogP contribution in [-0.4, -0.2) is 32.5 Å². The third-order valence-corrected chi connectivity index (χ3v) is 4.91. The highest BCUT2D eigenvalue weighted by atomic mass is 32.2. The van der Waals surface area contributed by atoms with Gasteiger partial charge in [0.2, 0.25) is 0 Å². The molecule has 0 spiro atoms. The molecule has 0 aromatic heterocycles. The number of rotatable bonds is 4. The fourth-order valence-electron chi connectivity index (χ4n) is 2.25. The molecule has 1 unspecified atom stereocenters. The van der Waals surface area contributed by atoms with E-state index >= 15 is 0 Å². The largest absolute Gasteiger partial charge is 0.335 e. The zero-order chi connectivity index (χ0) is 17.2. The highest BCUT2D eigenvalue weighted by Gasteiger charge is 2.21. The lowest BCUT2D eigenvalue weighted by atomic mass is 10.1. The standard InChI is InChI=1S/C17H18FNO3S/c1-12(15-6-4-5-7-16(15)18)19(2)17(20)13-8-10-14(11-9-13)23(3,21)22/h4-12H,1-3H3. The molecule has 122 valence electrons. The summed E-state index contributed by atoms with van der Waals surface area (Å²) in [6.07, 6.45) is 1.11. The van der Waals surface area contributed by atoms with Gasteiger partial charge in [-0.2, -0.15) is 0 Å². The Balaban J connectivity index is 2.24. The predicted octanol–water partition coefficient (Wildman–Crippen LogP) is 3.06. The molecule has 0 saturated heterocycles. The fraction of sp³-hybridized carbons (Fsp3) is 0.235. The lowest BCUT2D eigenvalue weighted by Gasteiger charge is -2.25. The molecule has 0 heterocycles. The molecule has 23 heavy (non-hydrogen) atoms. The van der Waals surface area contributed by atoms with E-state index in [9.17, 15) is 17.6 Å². The second-order valence-corrected chi connectivity index (χ2v) is 7.43. The summed E-state index contributed by atoms with van der Waals surface area (Å²) in [6, 6.07) is 11.6. The number of carbonyl (C=O) groups is 1. The van der Waals surface area contributed by atoms with Gasteiger partial charge in [-0.25, -0.2) is 12.8 Å². The molecule has 0 radical (unpaired) electrons. The molecular weight excluding hydrogens is 317 g/mol. The molecule has 0 saturated carbocycles. The van der Waals surface area contributed by atoms with Gasteiger partial charge in [0.25, 0.3) is 5.91 Å². The van der Waals surface area contributed by atoms with Gasteiger partial charge in [-0.1, -0.05) is 18.2 Å². The van der Waals surface area contributed by atoms with Gasteiger partial charge < -0.3 is 4.90 Å². The second-order valence-electron chi connectivity index (χ2n) is 5.41. The zero-order valence-corrected chi connectivity index (χ0v) is 14.0. The number of amides is 1. The average Bonchev–Trinajstić information content (AvgIpc) is 2.52. The molecule has 1 atom stereocenters. The number of carbonyl (C=O) groups excluding carboxylic acids is 1. The summed E-state index contributed by atoms with van der Waals surface area (Å²) in [4.78, 5) is 14.1. The summed E-state index contributed by atoms with van der Waals surface area (Å²) in [5.74, 6) is -0.673. The van der Waals surface area contributed by atoms with Crippen LogP contribution in [0.5, 0.6) is 0 Å².